The van der Waals surface area contributed by atoms with E-state index in [1.165, 1.54) is 11.3 Å². The first-order valence-corrected chi connectivity index (χ1v) is 8.43. The maximum atomic E-state index is 12.0. The molecule has 0 unspecified atom stereocenters. The highest BCUT2D eigenvalue weighted by Gasteiger charge is 2.16. The number of hydrogen-bond acceptors (Lipinski definition) is 6. The van der Waals surface area contributed by atoms with E-state index in [1.807, 2.05) is 18.4 Å². The molecule has 0 radical (unpaired) electrons. The second-order valence-corrected chi connectivity index (χ2v) is 6.12. The predicted molar refractivity (Wildman–Crippen MR) is 84.2 cm³/mol. The van der Waals surface area contributed by atoms with Gasteiger partial charge in [-0.2, -0.15) is 11.8 Å². The number of anilines is 1. The highest BCUT2D eigenvalue weighted by atomic mass is 32.2. The number of nitrogens with zero attached hydrogens (tertiary/aromatic N) is 4. The number of rotatable bonds is 6. The van der Waals surface area contributed by atoms with Crippen LogP contribution in [-0.2, 0) is 4.79 Å². The molecule has 0 aliphatic heterocycles. The van der Waals surface area contributed by atoms with Crippen LogP contribution in [0.2, 0.25) is 0 Å². The molecule has 2 aromatic heterocycles. The largest absolute Gasteiger partial charge is 0.290 e. The fourth-order valence-corrected chi connectivity index (χ4v) is 2.85. The topological polar surface area (TPSA) is 59.0 Å². The minimum absolute atomic E-state index is 0.0768. The molecule has 0 aliphatic carbocycles. The summed E-state index contributed by atoms with van der Waals surface area (Å²) in [6.45, 7) is 0. The lowest BCUT2D eigenvalue weighted by atomic mass is 10.3. The zero-order chi connectivity index (χ0) is 14.4. The van der Waals surface area contributed by atoms with Crippen molar-refractivity contribution >= 4 is 34.1 Å². The smallest absolute Gasteiger partial charge is 0.228 e. The Balaban J connectivity index is 2.03. The van der Waals surface area contributed by atoms with E-state index >= 15 is 0 Å². The van der Waals surface area contributed by atoms with E-state index in [0.29, 0.717) is 11.6 Å². The highest BCUT2D eigenvalue weighted by molar-refractivity contribution is 7.98. The minimum atomic E-state index is 0.0768. The lowest BCUT2D eigenvalue weighted by molar-refractivity contribution is -0.118. The maximum Gasteiger partial charge on any atom is 0.228 e. The summed E-state index contributed by atoms with van der Waals surface area (Å²) in [6.07, 6.45) is 6.92. The summed E-state index contributed by atoms with van der Waals surface area (Å²) < 4.78 is 0. The van der Waals surface area contributed by atoms with Crippen LogP contribution in [0.4, 0.5) is 5.13 Å². The summed E-state index contributed by atoms with van der Waals surface area (Å²) >= 11 is 3.15. The second-order valence-electron chi connectivity index (χ2n) is 4.18. The molecule has 0 fully saturated rings. The van der Waals surface area contributed by atoms with Crippen molar-refractivity contribution in [2.24, 2.45) is 0 Å². The van der Waals surface area contributed by atoms with E-state index in [2.05, 4.69) is 15.2 Å². The van der Waals surface area contributed by atoms with Crippen LogP contribution in [0.25, 0.3) is 10.6 Å². The Morgan fingerprint density at radius 1 is 1.45 bits per heavy atom. The van der Waals surface area contributed by atoms with Gasteiger partial charge in [0.2, 0.25) is 11.0 Å². The molecule has 2 aromatic rings. The lowest BCUT2D eigenvalue weighted by Gasteiger charge is -2.12. The minimum Gasteiger partial charge on any atom is -0.290 e. The highest BCUT2D eigenvalue weighted by Crippen LogP contribution is 2.27. The van der Waals surface area contributed by atoms with Crippen molar-refractivity contribution in [3.05, 3.63) is 24.5 Å². The zero-order valence-corrected chi connectivity index (χ0v) is 13.1. The number of amides is 1. The van der Waals surface area contributed by atoms with Crippen LogP contribution in [0.3, 0.4) is 0 Å². The van der Waals surface area contributed by atoms with Crippen molar-refractivity contribution < 1.29 is 4.79 Å². The van der Waals surface area contributed by atoms with E-state index in [9.17, 15) is 4.79 Å². The molecule has 0 bridgehead atoms. The summed E-state index contributed by atoms with van der Waals surface area (Å²) in [7, 11) is 1.74. The van der Waals surface area contributed by atoms with Crippen LogP contribution < -0.4 is 4.90 Å². The van der Waals surface area contributed by atoms with Crippen LogP contribution >= 0.6 is 23.1 Å². The van der Waals surface area contributed by atoms with Gasteiger partial charge in [0, 0.05) is 31.4 Å². The number of aromatic nitrogens is 3. The average Bonchev–Trinajstić information content (AvgIpc) is 2.97. The average molecular weight is 308 g/mol. The van der Waals surface area contributed by atoms with E-state index in [4.69, 9.17) is 0 Å². The van der Waals surface area contributed by atoms with Crippen molar-refractivity contribution in [2.75, 3.05) is 24.0 Å². The number of hydrogen-bond donors (Lipinski definition) is 0. The van der Waals surface area contributed by atoms with Crippen LogP contribution in [0, 0.1) is 0 Å². The van der Waals surface area contributed by atoms with Gasteiger partial charge in [0.05, 0.1) is 0 Å². The number of thioether (sulfide) groups is 1. The second kappa shape index (κ2) is 7.35. The fourth-order valence-electron chi connectivity index (χ4n) is 1.60. The molecule has 0 saturated heterocycles. The van der Waals surface area contributed by atoms with Crippen LogP contribution in [0.15, 0.2) is 24.5 Å². The molecule has 0 atom stereocenters. The standard InChI is InChI=1S/C13H16N4OS2/c1-17(11(18)6-4-8-19-2)13-16-15-12(20-13)10-5-3-7-14-9-10/h3,5,7,9H,4,6,8H2,1-2H3. The van der Waals surface area contributed by atoms with E-state index in [1.54, 1.807) is 36.1 Å². The van der Waals surface area contributed by atoms with Crippen molar-refractivity contribution in [1.82, 2.24) is 15.2 Å². The first-order chi connectivity index (χ1) is 9.72. The van der Waals surface area contributed by atoms with Crippen molar-refractivity contribution in [3.63, 3.8) is 0 Å². The van der Waals surface area contributed by atoms with Gasteiger partial charge in [0.1, 0.15) is 0 Å². The van der Waals surface area contributed by atoms with Gasteiger partial charge in [0.25, 0.3) is 0 Å². The third-order valence-electron chi connectivity index (χ3n) is 2.72. The molecule has 0 saturated carbocycles. The van der Waals surface area contributed by atoms with Gasteiger partial charge in [0.15, 0.2) is 5.01 Å². The molecule has 0 N–H and O–H groups in total. The molecule has 2 rings (SSSR count). The lowest BCUT2D eigenvalue weighted by Crippen LogP contribution is -2.25. The van der Waals surface area contributed by atoms with E-state index in [-0.39, 0.29) is 5.91 Å². The van der Waals surface area contributed by atoms with Gasteiger partial charge in [-0.15, -0.1) is 10.2 Å². The SMILES string of the molecule is CSCCCC(=O)N(C)c1nnc(-c2cccnc2)s1. The Hall–Kier alpha value is -1.47. The molecule has 0 aliphatic rings. The van der Waals surface area contributed by atoms with Crippen LogP contribution in [-0.4, -0.2) is 40.1 Å². The maximum absolute atomic E-state index is 12.0. The molecule has 0 spiro atoms. The number of carbonyl (C=O) groups excluding carboxylic acids is 1. The first kappa shape index (κ1) is 14.9. The Kier molecular flexibility index (Phi) is 5.49. The zero-order valence-electron chi connectivity index (χ0n) is 11.4. The van der Waals surface area contributed by atoms with E-state index < -0.39 is 0 Å². The summed E-state index contributed by atoms with van der Waals surface area (Å²) in [5.41, 5.74) is 0.916. The van der Waals surface area contributed by atoms with Gasteiger partial charge in [-0.1, -0.05) is 11.3 Å². The van der Waals surface area contributed by atoms with Gasteiger partial charge in [-0.25, -0.2) is 0 Å². The van der Waals surface area contributed by atoms with Gasteiger partial charge < -0.3 is 0 Å². The molecule has 0 aromatic carbocycles. The van der Waals surface area contributed by atoms with Crippen molar-refractivity contribution in [2.45, 2.75) is 12.8 Å². The van der Waals surface area contributed by atoms with Crippen molar-refractivity contribution in [3.8, 4) is 10.6 Å². The normalized spacial score (nSPS) is 10.5. The van der Waals surface area contributed by atoms with Gasteiger partial charge >= 0.3 is 0 Å². The summed E-state index contributed by atoms with van der Waals surface area (Å²) in [5, 5.41) is 9.60. The van der Waals surface area contributed by atoms with Gasteiger partial charge in [-0.3, -0.25) is 14.7 Å². The predicted octanol–water partition coefficient (Wildman–Crippen LogP) is 2.71. The molecular formula is C13H16N4OS2. The summed E-state index contributed by atoms with van der Waals surface area (Å²) in [6, 6.07) is 3.78. The first-order valence-electron chi connectivity index (χ1n) is 6.21. The third kappa shape index (κ3) is 3.77. The van der Waals surface area contributed by atoms with Crippen LogP contribution in [0.1, 0.15) is 12.8 Å². The Morgan fingerprint density at radius 3 is 3.00 bits per heavy atom. The Morgan fingerprint density at radius 2 is 2.30 bits per heavy atom. The molecule has 20 heavy (non-hydrogen) atoms. The Bertz CT molecular complexity index is 559. The van der Waals surface area contributed by atoms with E-state index in [0.717, 1.165) is 22.7 Å². The quantitative estimate of drug-likeness (QED) is 0.768. The van der Waals surface area contributed by atoms with Crippen LogP contribution in [0.5, 0.6) is 0 Å². The summed E-state index contributed by atoms with van der Waals surface area (Å²) in [4.78, 5) is 17.6. The monoisotopic (exact) mass is 308 g/mol. The number of pyridine rings is 1. The van der Waals surface area contributed by atoms with Crippen molar-refractivity contribution in [1.29, 1.82) is 0 Å². The third-order valence-corrected chi connectivity index (χ3v) is 4.47. The summed E-state index contributed by atoms with van der Waals surface area (Å²) in [5.74, 6) is 1.07. The molecule has 2 heterocycles. The molecule has 1 amide bonds. The molecule has 7 heteroatoms. The number of carbonyl (C=O) groups is 1. The Labute approximate surface area is 126 Å². The fraction of sp³-hybridized carbons (Fsp3) is 0.385. The molecule has 5 nitrogen and oxygen atoms in total. The molecule has 106 valence electrons. The molecular weight excluding hydrogens is 292 g/mol. The van der Waals surface area contributed by atoms with Gasteiger partial charge in [-0.05, 0) is 30.6 Å².